The fourth-order valence-electron chi connectivity index (χ4n) is 1.31. The Morgan fingerprint density at radius 2 is 2.25 bits per heavy atom. The zero-order valence-corrected chi connectivity index (χ0v) is 8.92. The summed E-state index contributed by atoms with van der Waals surface area (Å²) in [5, 5.41) is 9.15. The van der Waals surface area contributed by atoms with Gasteiger partial charge in [-0.3, -0.25) is 9.97 Å². The second-order valence-corrected chi connectivity index (χ2v) is 3.38. The van der Waals surface area contributed by atoms with Gasteiger partial charge in [0.1, 0.15) is 11.5 Å². The summed E-state index contributed by atoms with van der Waals surface area (Å²) in [4.78, 5) is 8.05. The van der Waals surface area contributed by atoms with Crippen molar-refractivity contribution in [1.29, 1.82) is 0 Å². The van der Waals surface area contributed by atoms with E-state index in [1.54, 1.807) is 30.7 Å². The predicted molar refractivity (Wildman–Crippen MR) is 59.2 cm³/mol. The second kappa shape index (κ2) is 4.72. The van der Waals surface area contributed by atoms with Gasteiger partial charge in [-0.05, 0) is 19.1 Å². The van der Waals surface area contributed by atoms with Crippen molar-refractivity contribution < 1.29 is 9.84 Å². The van der Waals surface area contributed by atoms with E-state index in [9.17, 15) is 0 Å². The molecule has 0 saturated carbocycles. The monoisotopic (exact) mass is 216 g/mol. The summed E-state index contributed by atoms with van der Waals surface area (Å²) >= 11 is 0. The molecular weight excluding hydrogens is 204 g/mol. The summed E-state index contributed by atoms with van der Waals surface area (Å²) in [5.74, 6) is 1.26. The van der Waals surface area contributed by atoms with Crippen molar-refractivity contribution >= 4 is 0 Å². The lowest BCUT2D eigenvalue weighted by atomic mass is 10.2. The number of aromatic nitrogens is 2. The third-order valence-electron chi connectivity index (χ3n) is 2.11. The Balaban J connectivity index is 2.30. The maximum Gasteiger partial charge on any atom is 0.145 e. The molecule has 4 nitrogen and oxygen atoms in total. The summed E-state index contributed by atoms with van der Waals surface area (Å²) in [6.07, 6.45) is 4.91. The van der Waals surface area contributed by atoms with E-state index in [0.29, 0.717) is 17.1 Å². The number of aliphatic hydroxyl groups excluding tert-OH is 1. The first-order valence-corrected chi connectivity index (χ1v) is 4.94. The van der Waals surface area contributed by atoms with Crippen LogP contribution in [-0.2, 0) is 6.61 Å². The minimum atomic E-state index is -0.0944. The molecule has 0 unspecified atom stereocenters. The van der Waals surface area contributed by atoms with Gasteiger partial charge in [0, 0.05) is 29.7 Å². The van der Waals surface area contributed by atoms with E-state index in [1.807, 2.05) is 13.0 Å². The summed E-state index contributed by atoms with van der Waals surface area (Å²) in [6, 6.07) is 5.39. The third-order valence-corrected chi connectivity index (χ3v) is 2.11. The Kier molecular flexibility index (Phi) is 3.12. The minimum absolute atomic E-state index is 0.0944. The molecule has 2 aromatic rings. The Labute approximate surface area is 93.6 Å². The number of nitrogens with zero attached hydrogens (tertiary/aromatic N) is 2. The number of aliphatic hydroxyl groups is 1. The van der Waals surface area contributed by atoms with Gasteiger partial charge < -0.3 is 9.84 Å². The number of aryl methyl sites for hydroxylation is 1. The Morgan fingerprint density at radius 1 is 1.38 bits per heavy atom. The SMILES string of the molecule is Cc1cc(Oc2cccnc2)c(CO)cn1. The predicted octanol–water partition coefficient (Wildman–Crippen LogP) is 2.07. The average molecular weight is 216 g/mol. The molecule has 0 atom stereocenters. The lowest BCUT2D eigenvalue weighted by Crippen LogP contribution is -1.94. The van der Waals surface area contributed by atoms with Crippen LogP contribution in [0.3, 0.4) is 0 Å². The molecule has 0 aromatic carbocycles. The normalized spacial score (nSPS) is 10.1. The van der Waals surface area contributed by atoms with Crippen LogP contribution in [0.2, 0.25) is 0 Å². The average Bonchev–Trinajstić information content (AvgIpc) is 2.31. The van der Waals surface area contributed by atoms with E-state index in [0.717, 1.165) is 5.69 Å². The second-order valence-electron chi connectivity index (χ2n) is 3.38. The molecule has 0 aliphatic rings. The molecule has 2 heterocycles. The molecule has 2 aromatic heterocycles. The van der Waals surface area contributed by atoms with Gasteiger partial charge in [-0.15, -0.1) is 0 Å². The highest BCUT2D eigenvalue weighted by atomic mass is 16.5. The number of hydrogen-bond acceptors (Lipinski definition) is 4. The van der Waals surface area contributed by atoms with Crippen LogP contribution < -0.4 is 4.74 Å². The molecule has 16 heavy (non-hydrogen) atoms. The maximum absolute atomic E-state index is 9.15. The van der Waals surface area contributed by atoms with Crippen LogP contribution in [-0.4, -0.2) is 15.1 Å². The highest BCUT2D eigenvalue weighted by Gasteiger charge is 2.05. The minimum Gasteiger partial charge on any atom is -0.455 e. The molecule has 0 saturated heterocycles. The Hall–Kier alpha value is -1.94. The molecule has 1 N–H and O–H groups in total. The van der Waals surface area contributed by atoms with Gasteiger partial charge >= 0.3 is 0 Å². The standard InChI is InChI=1S/C12H12N2O2/c1-9-5-12(10(8-15)6-14-9)16-11-3-2-4-13-7-11/h2-7,15H,8H2,1H3. The molecule has 2 rings (SSSR count). The number of ether oxygens (including phenoxy) is 1. The summed E-state index contributed by atoms with van der Waals surface area (Å²) < 4.78 is 5.62. The van der Waals surface area contributed by atoms with E-state index in [2.05, 4.69) is 9.97 Å². The Morgan fingerprint density at radius 3 is 2.94 bits per heavy atom. The maximum atomic E-state index is 9.15. The molecule has 0 aliphatic carbocycles. The third kappa shape index (κ3) is 2.35. The van der Waals surface area contributed by atoms with Crippen LogP contribution >= 0.6 is 0 Å². The summed E-state index contributed by atoms with van der Waals surface area (Å²) in [7, 11) is 0. The van der Waals surface area contributed by atoms with Crippen molar-refractivity contribution in [3.05, 3.63) is 48.0 Å². The molecule has 0 amide bonds. The first-order chi connectivity index (χ1) is 7.79. The van der Waals surface area contributed by atoms with Crippen molar-refractivity contribution in [3.8, 4) is 11.5 Å². The van der Waals surface area contributed by atoms with E-state index in [-0.39, 0.29) is 6.61 Å². The molecule has 0 fully saturated rings. The summed E-state index contributed by atoms with van der Waals surface area (Å²) in [5.41, 5.74) is 1.51. The van der Waals surface area contributed by atoms with Crippen molar-refractivity contribution in [3.63, 3.8) is 0 Å². The fourth-order valence-corrected chi connectivity index (χ4v) is 1.31. The zero-order valence-electron chi connectivity index (χ0n) is 8.92. The first kappa shape index (κ1) is 10.6. The van der Waals surface area contributed by atoms with Crippen molar-refractivity contribution in [2.45, 2.75) is 13.5 Å². The van der Waals surface area contributed by atoms with Crippen molar-refractivity contribution in [2.24, 2.45) is 0 Å². The van der Waals surface area contributed by atoms with E-state index in [4.69, 9.17) is 9.84 Å². The van der Waals surface area contributed by atoms with Gasteiger partial charge in [0.25, 0.3) is 0 Å². The van der Waals surface area contributed by atoms with Gasteiger partial charge in [0.05, 0.1) is 12.8 Å². The first-order valence-electron chi connectivity index (χ1n) is 4.94. The molecule has 0 bridgehead atoms. The molecular formula is C12H12N2O2. The smallest absolute Gasteiger partial charge is 0.145 e. The van der Waals surface area contributed by atoms with Gasteiger partial charge in [-0.2, -0.15) is 0 Å². The van der Waals surface area contributed by atoms with Crippen LogP contribution in [0.4, 0.5) is 0 Å². The van der Waals surface area contributed by atoms with E-state index < -0.39 is 0 Å². The van der Waals surface area contributed by atoms with Gasteiger partial charge in [-0.1, -0.05) is 0 Å². The topological polar surface area (TPSA) is 55.2 Å². The largest absolute Gasteiger partial charge is 0.455 e. The molecule has 0 spiro atoms. The lowest BCUT2D eigenvalue weighted by molar-refractivity contribution is 0.276. The quantitative estimate of drug-likeness (QED) is 0.853. The van der Waals surface area contributed by atoms with Crippen molar-refractivity contribution in [2.75, 3.05) is 0 Å². The number of pyridine rings is 2. The number of hydrogen-bond donors (Lipinski definition) is 1. The van der Waals surface area contributed by atoms with Crippen LogP contribution in [0.1, 0.15) is 11.3 Å². The lowest BCUT2D eigenvalue weighted by Gasteiger charge is -2.09. The highest BCUT2D eigenvalue weighted by molar-refractivity contribution is 5.36. The number of rotatable bonds is 3. The molecule has 82 valence electrons. The van der Waals surface area contributed by atoms with Crippen molar-refractivity contribution in [1.82, 2.24) is 9.97 Å². The summed E-state index contributed by atoms with van der Waals surface area (Å²) in [6.45, 7) is 1.78. The van der Waals surface area contributed by atoms with Crippen LogP contribution in [0, 0.1) is 6.92 Å². The molecule has 0 aliphatic heterocycles. The zero-order chi connectivity index (χ0) is 11.4. The molecule has 0 radical (unpaired) electrons. The van der Waals surface area contributed by atoms with Crippen LogP contribution in [0.5, 0.6) is 11.5 Å². The van der Waals surface area contributed by atoms with E-state index >= 15 is 0 Å². The Bertz CT molecular complexity index is 472. The highest BCUT2D eigenvalue weighted by Crippen LogP contribution is 2.24. The fraction of sp³-hybridized carbons (Fsp3) is 0.167. The van der Waals surface area contributed by atoms with Gasteiger partial charge in [0.2, 0.25) is 0 Å². The van der Waals surface area contributed by atoms with E-state index in [1.165, 1.54) is 0 Å². The van der Waals surface area contributed by atoms with Crippen LogP contribution in [0.15, 0.2) is 36.8 Å². The van der Waals surface area contributed by atoms with Gasteiger partial charge in [0.15, 0.2) is 0 Å². The molecule has 4 heteroatoms. The van der Waals surface area contributed by atoms with Gasteiger partial charge in [-0.25, -0.2) is 0 Å². The van der Waals surface area contributed by atoms with Crippen LogP contribution in [0.25, 0.3) is 0 Å².